The zero-order valence-electron chi connectivity index (χ0n) is 12.8. The molecule has 3 aromatic rings. The molecule has 0 aliphatic carbocycles. The van der Waals surface area contributed by atoms with Crippen molar-refractivity contribution < 1.29 is 18.0 Å². The zero-order chi connectivity index (χ0) is 17.1. The Morgan fingerprint density at radius 2 is 2.00 bits per heavy atom. The van der Waals surface area contributed by atoms with Crippen molar-refractivity contribution in [2.75, 3.05) is 5.32 Å². The summed E-state index contributed by atoms with van der Waals surface area (Å²) in [6.07, 6.45) is 1.82. The smallest absolute Gasteiger partial charge is 0.299 e. The summed E-state index contributed by atoms with van der Waals surface area (Å²) in [4.78, 5) is 16.0. The predicted octanol–water partition coefficient (Wildman–Crippen LogP) is 4.96. The molecule has 24 heavy (non-hydrogen) atoms. The van der Waals surface area contributed by atoms with Crippen LogP contribution in [0.2, 0.25) is 0 Å². The maximum absolute atomic E-state index is 13.7. The summed E-state index contributed by atoms with van der Waals surface area (Å²) < 4.78 is 32.2. The van der Waals surface area contributed by atoms with E-state index in [1.807, 2.05) is 0 Å². The fraction of sp³-hybridized carbons (Fsp3) is 0.111. The number of Topliss-reactive ketones (excluding diaryl/α,β-unsaturated/α-hetero) is 1. The van der Waals surface area contributed by atoms with Crippen LogP contribution in [0.15, 0.2) is 53.1 Å². The lowest BCUT2D eigenvalue weighted by molar-refractivity contribution is 0.0988. The molecular weight excluding hydrogens is 314 g/mol. The van der Waals surface area contributed by atoms with Crippen molar-refractivity contribution in [3.05, 3.63) is 65.9 Å². The number of ketones is 1. The largest absolute Gasteiger partial charge is 0.423 e. The predicted molar refractivity (Wildman–Crippen MR) is 86.2 cm³/mol. The average Bonchev–Trinajstić information content (AvgIpc) is 3.05. The number of benzene rings is 2. The van der Waals surface area contributed by atoms with E-state index in [0.717, 1.165) is 12.1 Å². The Kier molecular flexibility index (Phi) is 4.37. The van der Waals surface area contributed by atoms with Crippen molar-refractivity contribution in [3.8, 4) is 11.3 Å². The topological polar surface area (TPSA) is 55.1 Å². The molecule has 0 amide bonds. The number of hydrogen-bond donors (Lipinski definition) is 1. The Labute approximate surface area is 137 Å². The monoisotopic (exact) mass is 328 g/mol. The van der Waals surface area contributed by atoms with E-state index in [0.29, 0.717) is 23.3 Å². The quantitative estimate of drug-likeness (QED) is 0.673. The lowest BCUT2D eigenvalue weighted by Gasteiger charge is -2.05. The third-order valence-electron chi connectivity index (χ3n) is 3.49. The van der Waals surface area contributed by atoms with Gasteiger partial charge in [0.1, 0.15) is 11.6 Å². The Bertz CT molecular complexity index is 890. The number of rotatable bonds is 5. The number of nitrogens with one attached hydrogen (secondary N) is 1. The summed E-state index contributed by atoms with van der Waals surface area (Å²) in [5, 5.41) is 2.65. The summed E-state index contributed by atoms with van der Waals surface area (Å²) in [7, 11) is 0. The molecule has 4 nitrogen and oxygen atoms in total. The number of anilines is 2. The second kappa shape index (κ2) is 6.62. The van der Waals surface area contributed by atoms with E-state index in [9.17, 15) is 13.6 Å². The van der Waals surface area contributed by atoms with Gasteiger partial charge in [0.25, 0.3) is 6.01 Å². The first-order valence-electron chi connectivity index (χ1n) is 7.39. The van der Waals surface area contributed by atoms with Crippen molar-refractivity contribution in [2.24, 2.45) is 0 Å². The molecule has 0 saturated heterocycles. The van der Waals surface area contributed by atoms with Crippen LogP contribution in [-0.2, 0) is 0 Å². The van der Waals surface area contributed by atoms with Crippen LogP contribution in [0, 0.1) is 11.6 Å². The maximum atomic E-state index is 13.7. The highest BCUT2D eigenvalue weighted by Crippen LogP contribution is 2.28. The first kappa shape index (κ1) is 15.9. The van der Waals surface area contributed by atoms with Crippen LogP contribution in [0.4, 0.5) is 20.5 Å². The van der Waals surface area contributed by atoms with Gasteiger partial charge in [-0.25, -0.2) is 13.8 Å². The van der Waals surface area contributed by atoms with Crippen LogP contribution in [0.25, 0.3) is 11.3 Å². The van der Waals surface area contributed by atoms with Gasteiger partial charge in [-0.1, -0.05) is 31.2 Å². The molecule has 1 N–H and O–H groups in total. The molecule has 0 radical (unpaired) electrons. The highest BCUT2D eigenvalue weighted by atomic mass is 19.1. The van der Waals surface area contributed by atoms with Crippen molar-refractivity contribution in [3.63, 3.8) is 0 Å². The van der Waals surface area contributed by atoms with Crippen LogP contribution in [-0.4, -0.2) is 10.8 Å². The van der Waals surface area contributed by atoms with Crippen LogP contribution in [0.5, 0.6) is 0 Å². The molecule has 1 heterocycles. The van der Waals surface area contributed by atoms with E-state index < -0.39 is 11.6 Å². The number of nitrogens with zero attached hydrogens (tertiary/aromatic N) is 1. The number of carbonyl (C=O) groups is 1. The standard InChI is InChI=1S/C18H14F2N2O2/c1-2-16(23)12-5-3-4-6-13(12)17-10-21-18(24-17)22-15-8-7-11(19)9-14(15)20/h3-10H,2H2,1H3,(H,21,22). The van der Waals surface area contributed by atoms with Crippen molar-refractivity contribution in [2.45, 2.75) is 13.3 Å². The molecule has 122 valence electrons. The van der Waals surface area contributed by atoms with Gasteiger partial charge in [-0.05, 0) is 12.1 Å². The van der Waals surface area contributed by atoms with Gasteiger partial charge in [0.15, 0.2) is 11.5 Å². The van der Waals surface area contributed by atoms with Crippen molar-refractivity contribution >= 4 is 17.5 Å². The second-order valence-corrected chi connectivity index (χ2v) is 5.10. The molecule has 2 aromatic carbocycles. The van der Waals surface area contributed by atoms with Crippen molar-refractivity contribution in [1.29, 1.82) is 0 Å². The number of hydrogen-bond acceptors (Lipinski definition) is 4. The normalized spacial score (nSPS) is 10.6. The molecule has 0 unspecified atom stereocenters. The van der Waals surface area contributed by atoms with Crippen LogP contribution in [0.3, 0.4) is 0 Å². The molecular formula is C18H14F2N2O2. The Morgan fingerprint density at radius 3 is 2.75 bits per heavy atom. The molecule has 0 aliphatic heterocycles. The second-order valence-electron chi connectivity index (χ2n) is 5.10. The minimum absolute atomic E-state index is 0.0129. The molecule has 3 rings (SSSR count). The third-order valence-corrected chi connectivity index (χ3v) is 3.49. The molecule has 1 aromatic heterocycles. The molecule has 0 spiro atoms. The van der Waals surface area contributed by atoms with Gasteiger partial charge >= 0.3 is 0 Å². The van der Waals surface area contributed by atoms with Crippen molar-refractivity contribution in [1.82, 2.24) is 4.98 Å². The number of oxazole rings is 1. The molecule has 0 fully saturated rings. The van der Waals surface area contributed by atoms with Crippen LogP contribution < -0.4 is 5.32 Å². The first-order valence-corrected chi connectivity index (χ1v) is 7.39. The highest BCUT2D eigenvalue weighted by Gasteiger charge is 2.15. The van der Waals surface area contributed by atoms with Gasteiger partial charge < -0.3 is 9.73 Å². The Balaban J connectivity index is 1.90. The van der Waals surface area contributed by atoms with Gasteiger partial charge in [-0.2, -0.15) is 0 Å². The lowest BCUT2D eigenvalue weighted by Crippen LogP contribution is -1.98. The summed E-state index contributed by atoms with van der Waals surface area (Å²) in [6, 6.07) is 10.2. The molecule has 0 bridgehead atoms. The number of halogens is 2. The summed E-state index contributed by atoms with van der Waals surface area (Å²) in [5.41, 5.74) is 1.20. The molecule has 0 saturated carbocycles. The number of aromatic nitrogens is 1. The van der Waals surface area contributed by atoms with Crippen LogP contribution >= 0.6 is 0 Å². The van der Waals surface area contributed by atoms with Gasteiger partial charge in [-0.15, -0.1) is 0 Å². The van der Waals surface area contributed by atoms with E-state index in [-0.39, 0.29) is 17.5 Å². The SMILES string of the molecule is CCC(=O)c1ccccc1-c1cnc(Nc2ccc(F)cc2F)o1. The summed E-state index contributed by atoms with van der Waals surface area (Å²) >= 11 is 0. The van der Waals surface area contributed by atoms with Gasteiger partial charge in [0.2, 0.25) is 0 Å². The van der Waals surface area contributed by atoms with E-state index in [1.54, 1.807) is 31.2 Å². The van der Waals surface area contributed by atoms with E-state index in [2.05, 4.69) is 10.3 Å². The van der Waals surface area contributed by atoms with Gasteiger partial charge in [0.05, 0.1) is 11.9 Å². The average molecular weight is 328 g/mol. The Hall–Kier alpha value is -3.02. The summed E-state index contributed by atoms with van der Waals surface area (Å²) in [6.45, 7) is 1.78. The number of carbonyl (C=O) groups excluding carboxylic acids is 1. The van der Waals surface area contributed by atoms with Gasteiger partial charge in [-0.3, -0.25) is 4.79 Å². The summed E-state index contributed by atoms with van der Waals surface area (Å²) in [5.74, 6) is -1.05. The Morgan fingerprint density at radius 1 is 1.21 bits per heavy atom. The molecule has 0 aliphatic rings. The van der Waals surface area contributed by atoms with E-state index in [4.69, 9.17) is 4.42 Å². The van der Waals surface area contributed by atoms with Crippen LogP contribution in [0.1, 0.15) is 23.7 Å². The van der Waals surface area contributed by atoms with Gasteiger partial charge in [0, 0.05) is 23.6 Å². The molecule has 6 heteroatoms. The fourth-order valence-corrected chi connectivity index (χ4v) is 2.29. The minimum atomic E-state index is -0.753. The maximum Gasteiger partial charge on any atom is 0.299 e. The van der Waals surface area contributed by atoms with E-state index >= 15 is 0 Å². The molecule has 0 atom stereocenters. The first-order chi connectivity index (χ1) is 11.6. The van der Waals surface area contributed by atoms with E-state index in [1.165, 1.54) is 12.3 Å². The highest BCUT2D eigenvalue weighted by molar-refractivity contribution is 6.01. The third kappa shape index (κ3) is 3.17. The minimum Gasteiger partial charge on any atom is -0.423 e. The fourth-order valence-electron chi connectivity index (χ4n) is 2.29. The zero-order valence-corrected chi connectivity index (χ0v) is 12.8. The lowest BCUT2D eigenvalue weighted by atomic mass is 10.0.